The standard InChI is InChI=1S/C16H15F3N2O3S/c17-13-5-6-14(16(19)15(13)18)25(22,23)20-11-1-3-12(4-2-11)21-7-9-24-10-8-21/h1-6,20H,7-10H2. The van der Waals surface area contributed by atoms with E-state index in [1.54, 1.807) is 12.1 Å². The monoisotopic (exact) mass is 372 g/mol. The van der Waals surface area contributed by atoms with Crippen LogP contribution in [0.5, 0.6) is 0 Å². The number of rotatable bonds is 4. The van der Waals surface area contributed by atoms with Gasteiger partial charge in [-0.1, -0.05) is 0 Å². The number of hydrogen-bond acceptors (Lipinski definition) is 4. The number of nitrogens with one attached hydrogen (secondary N) is 1. The van der Waals surface area contributed by atoms with E-state index in [2.05, 4.69) is 9.62 Å². The van der Waals surface area contributed by atoms with Crippen LogP contribution < -0.4 is 9.62 Å². The SMILES string of the molecule is O=S(=O)(Nc1ccc(N2CCOCC2)cc1)c1ccc(F)c(F)c1F. The van der Waals surface area contributed by atoms with Crippen LogP contribution >= 0.6 is 0 Å². The molecular formula is C16H15F3N2O3S. The molecule has 2 aromatic carbocycles. The Balaban J connectivity index is 1.80. The van der Waals surface area contributed by atoms with Crippen molar-refractivity contribution in [3.63, 3.8) is 0 Å². The summed E-state index contributed by atoms with van der Waals surface area (Å²) >= 11 is 0. The fourth-order valence-corrected chi connectivity index (χ4v) is 3.62. The summed E-state index contributed by atoms with van der Waals surface area (Å²) in [5, 5.41) is 0. The Hall–Kier alpha value is -2.26. The summed E-state index contributed by atoms with van der Waals surface area (Å²) in [6.45, 7) is 2.68. The molecule has 1 aliphatic rings. The minimum atomic E-state index is -4.39. The lowest BCUT2D eigenvalue weighted by atomic mass is 10.2. The minimum absolute atomic E-state index is 0.182. The van der Waals surface area contributed by atoms with Crippen LogP contribution in [0.2, 0.25) is 0 Å². The maximum Gasteiger partial charge on any atom is 0.264 e. The van der Waals surface area contributed by atoms with Crippen LogP contribution in [0.25, 0.3) is 0 Å². The van der Waals surface area contributed by atoms with Gasteiger partial charge in [-0.05, 0) is 36.4 Å². The van der Waals surface area contributed by atoms with Gasteiger partial charge in [0.05, 0.1) is 13.2 Å². The number of anilines is 2. The van der Waals surface area contributed by atoms with Gasteiger partial charge in [0.2, 0.25) is 0 Å². The zero-order chi connectivity index (χ0) is 18.0. The van der Waals surface area contributed by atoms with Gasteiger partial charge in [0.1, 0.15) is 4.90 Å². The van der Waals surface area contributed by atoms with Crippen molar-refractivity contribution in [1.29, 1.82) is 0 Å². The highest BCUT2D eigenvalue weighted by Gasteiger charge is 2.24. The van der Waals surface area contributed by atoms with Crippen molar-refractivity contribution in [2.45, 2.75) is 4.90 Å². The number of benzene rings is 2. The van der Waals surface area contributed by atoms with Crippen LogP contribution in [-0.4, -0.2) is 34.7 Å². The van der Waals surface area contributed by atoms with Gasteiger partial charge in [0.25, 0.3) is 10.0 Å². The zero-order valence-corrected chi connectivity index (χ0v) is 13.8. The minimum Gasteiger partial charge on any atom is -0.378 e. The first-order valence-corrected chi connectivity index (χ1v) is 8.96. The van der Waals surface area contributed by atoms with Gasteiger partial charge >= 0.3 is 0 Å². The molecule has 5 nitrogen and oxygen atoms in total. The molecule has 1 fully saturated rings. The summed E-state index contributed by atoms with van der Waals surface area (Å²) in [4.78, 5) is 1.13. The number of nitrogens with zero attached hydrogens (tertiary/aromatic N) is 1. The smallest absolute Gasteiger partial charge is 0.264 e. The fraction of sp³-hybridized carbons (Fsp3) is 0.250. The molecule has 1 saturated heterocycles. The molecule has 0 amide bonds. The average Bonchev–Trinajstić information content (AvgIpc) is 2.60. The molecule has 2 aromatic rings. The quantitative estimate of drug-likeness (QED) is 0.839. The van der Waals surface area contributed by atoms with Gasteiger partial charge in [0.15, 0.2) is 17.5 Å². The summed E-state index contributed by atoms with van der Waals surface area (Å²) in [5.74, 6) is -5.03. The third-order valence-corrected chi connectivity index (χ3v) is 5.18. The summed E-state index contributed by atoms with van der Waals surface area (Å²) in [5.41, 5.74) is 1.08. The third kappa shape index (κ3) is 3.72. The molecule has 0 bridgehead atoms. The second-order valence-corrected chi connectivity index (χ2v) is 7.08. The lowest BCUT2D eigenvalue weighted by Gasteiger charge is -2.28. The number of ether oxygens (including phenoxy) is 1. The van der Waals surface area contributed by atoms with Crippen molar-refractivity contribution < 1.29 is 26.3 Å². The van der Waals surface area contributed by atoms with Crippen molar-refractivity contribution in [2.75, 3.05) is 35.9 Å². The third-order valence-electron chi connectivity index (χ3n) is 3.79. The summed E-state index contributed by atoms with van der Waals surface area (Å²) < 4.78 is 71.8. The van der Waals surface area contributed by atoms with Crippen LogP contribution in [0.4, 0.5) is 24.5 Å². The van der Waals surface area contributed by atoms with E-state index in [0.29, 0.717) is 25.3 Å². The van der Waals surface area contributed by atoms with E-state index < -0.39 is 32.4 Å². The largest absolute Gasteiger partial charge is 0.378 e. The second-order valence-electron chi connectivity index (χ2n) is 5.43. The first-order valence-electron chi connectivity index (χ1n) is 7.47. The first kappa shape index (κ1) is 17.6. The number of halogens is 3. The fourth-order valence-electron chi connectivity index (χ4n) is 2.49. The highest BCUT2D eigenvalue weighted by molar-refractivity contribution is 7.92. The molecule has 25 heavy (non-hydrogen) atoms. The van der Waals surface area contributed by atoms with Crippen molar-refractivity contribution >= 4 is 21.4 Å². The van der Waals surface area contributed by atoms with Crippen molar-refractivity contribution in [2.24, 2.45) is 0 Å². The van der Waals surface area contributed by atoms with Crippen LogP contribution in [0.3, 0.4) is 0 Å². The Kier molecular flexibility index (Phi) is 4.87. The van der Waals surface area contributed by atoms with E-state index in [4.69, 9.17) is 4.74 Å². The van der Waals surface area contributed by atoms with Crippen molar-refractivity contribution in [3.8, 4) is 0 Å². The molecule has 134 valence electrons. The molecule has 3 rings (SSSR count). The molecular weight excluding hydrogens is 357 g/mol. The molecule has 0 unspecified atom stereocenters. The molecule has 0 spiro atoms. The van der Waals surface area contributed by atoms with E-state index in [0.717, 1.165) is 18.8 Å². The Bertz CT molecular complexity index is 867. The highest BCUT2D eigenvalue weighted by atomic mass is 32.2. The molecule has 1 aliphatic heterocycles. The lowest BCUT2D eigenvalue weighted by molar-refractivity contribution is 0.122. The van der Waals surface area contributed by atoms with Crippen LogP contribution in [-0.2, 0) is 14.8 Å². The van der Waals surface area contributed by atoms with E-state index >= 15 is 0 Å². The van der Waals surface area contributed by atoms with E-state index in [-0.39, 0.29) is 5.69 Å². The topological polar surface area (TPSA) is 58.6 Å². The molecule has 0 aliphatic carbocycles. The van der Waals surface area contributed by atoms with Gasteiger partial charge in [-0.25, -0.2) is 21.6 Å². The Morgan fingerprint density at radius 3 is 2.20 bits per heavy atom. The predicted octanol–water partition coefficient (Wildman–Crippen LogP) is 2.74. The molecule has 1 heterocycles. The molecule has 0 saturated carbocycles. The predicted molar refractivity (Wildman–Crippen MR) is 86.6 cm³/mol. The maximum absolute atomic E-state index is 13.7. The van der Waals surface area contributed by atoms with Gasteiger partial charge < -0.3 is 9.64 Å². The van der Waals surface area contributed by atoms with Crippen LogP contribution in [0.1, 0.15) is 0 Å². The van der Waals surface area contributed by atoms with Gasteiger partial charge in [0, 0.05) is 24.5 Å². The Morgan fingerprint density at radius 2 is 1.56 bits per heavy atom. The lowest BCUT2D eigenvalue weighted by Crippen LogP contribution is -2.36. The number of hydrogen-bond donors (Lipinski definition) is 1. The maximum atomic E-state index is 13.7. The average molecular weight is 372 g/mol. The zero-order valence-electron chi connectivity index (χ0n) is 13.0. The van der Waals surface area contributed by atoms with Gasteiger partial charge in [-0.15, -0.1) is 0 Å². The second kappa shape index (κ2) is 6.93. The van der Waals surface area contributed by atoms with Crippen molar-refractivity contribution in [3.05, 3.63) is 53.8 Å². The van der Waals surface area contributed by atoms with Gasteiger partial charge in [-0.3, -0.25) is 4.72 Å². The summed E-state index contributed by atoms with van der Waals surface area (Å²) in [6.07, 6.45) is 0. The van der Waals surface area contributed by atoms with E-state index in [1.807, 2.05) is 0 Å². The number of sulfonamides is 1. The van der Waals surface area contributed by atoms with Gasteiger partial charge in [-0.2, -0.15) is 0 Å². The molecule has 0 atom stereocenters. The molecule has 0 radical (unpaired) electrons. The molecule has 1 N–H and O–H groups in total. The number of morpholine rings is 1. The first-order chi connectivity index (χ1) is 11.9. The highest BCUT2D eigenvalue weighted by Crippen LogP contribution is 2.24. The van der Waals surface area contributed by atoms with E-state index in [9.17, 15) is 21.6 Å². The summed E-state index contributed by atoms with van der Waals surface area (Å²) in [7, 11) is -4.39. The van der Waals surface area contributed by atoms with Crippen LogP contribution in [0, 0.1) is 17.5 Å². The van der Waals surface area contributed by atoms with Crippen molar-refractivity contribution in [1.82, 2.24) is 0 Å². The Morgan fingerprint density at radius 1 is 0.920 bits per heavy atom. The Labute approximate surface area is 143 Å². The normalized spacial score (nSPS) is 15.2. The summed E-state index contributed by atoms with van der Waals surface area (Å²) in [6, 6.07) is 7.70. The molecule has 0 aromatic heterocycles. The van der Waals surface area contributed by atoms with Crippen LogP contribution in [0.15, 0.2) is 41.3 Å². The van der Waals surface area contributed by atoms with E-state index in [1.165, 1.54) is 12.1 Å². The molecule has 9 heteroatoms.